The minimum atomic E-state index is -4.89. The van der Waals surface area contributed by atoms with E-state index in [0.717, 1.165) is 19.1 Å². The van der Waals surface area contributed by atoms with Crippen LogP contribution in [0.25, 0.3) is 10.8 Å². The Morgan fingerprint density at radius 3 is 2.28 bits per heavy atom. The fraction of sp³-hybridized carbons (Fsp3) is 0.167. The molecule has 0 aliphatic carbocycles. The number of rotatable bonds is 0. The van der Waals surface area contributed by atoms with E-state index in [1.807, 2.05) is 0 Å². The van der Waals surface area contributed by atoms with E-state index in [9.17, 15) is 22.0 Å². The molecule has 1 nitrogen and oxygen atoms in total. The molecule has 0 spiro atoms. The first-order valence-electron chi connectivity index (χ1n) is 4.97. The first-order chi connectivity index (χ1) is 8.23. The molecule has 0 atom stereocenters. The van der Waals surface area contributed by atoms with Gasteiger partial charge in [0.1, 0.15) is 11.6 Å². The van der Waals surface area contributed by atoms with Gasteiger partial charge < -0.3 is 5.73 Å². The minimum Gasteiger partial charge on any atom is -0.396 e. The second-order valence-electron chi connectivity index (χ2n) is 3.92. The monoisotopic (exact) mass is 261 g/mol. The van der Waals surface area contributed by atoms with Gasteiger partial charge >= 0.3 is 6.18 Å². The third-order valence-corrected chi connectivity index (χ3v) is 2.74. The maximum absolute atomic E-state index is 13.5. The van der Waals surface area contributed by atoms with E-state index in [-0.39, 0.29) is 16.6 Å². The lowest BCUT2D eigenvalue weighted by molar-refractivity contribution is -0.138. The lowest BCUT2D eigenvalue weighted by atomic mass is 9.98. The Kier molecular flexibility index (Phi) is 2.68. The summed E-state index contributed by atoms with van der Waals surface area (Å²) in [7, 11) is 0. The average Bonchev–Trinajstić information content (AvgIpc) is 2.25. The van der Waals surface area contributed by atoms with Crippen LogP contribution in [0.15, 0.2) is 18.2 Å². The summed E-state index contributed by atoms with van der Waals surface area (Å²) < 4.78 is 65.3. The number of hydrogen-bond donors (Lipinski definition) is 1. The predicted octanol–water partition coefficient (Wildman–Crippen LogP) is 4.03. The molecule has 0 heterocycles. The highest BCUT2D eigenvalue weighted by atomic mass is 19.4. The summed E-state index contributed by atoms with van der Waals surface area (Å²) in [6, 6.07) is 2.90. The van der Waals surface area contributed by atoms with Crippen molar-refractivity contribution in [1.29, 1.82) is 0 Å². The van der Waals surface area contributed by atoms with E-state index in [0.29, 0.717) is 6.07 Å². The number of nitrogen functional groups attached to an aromatic ring is 1. The molecule has 18 heavy (non-hydrogen) atoms. The molecule has 96 valence electrons. The van der Waals surface area contributed by atoms with Crippen LogP contribution < -0.4 is 5.73 Å². The van der Waals surface area contributed by atoms with Gasteiger partial charge in [-0.2, -0.15) is 13.2 Å². The third kappa shape index (κ3) is 1.77. The first kappa shape index (κ1) is 12.6. The number of nitrogens with two attached hydrogens (primary N) is 1. The van der Waals surface area contributed by atoms with Gasteiger partial charge in [-0.25, -0.2) is 8.78 Å². The molecule has 0 aromatic heterocycles. The Bertz CT molecular complexity index is 631. The molecule has 2 aromatic rings. The van der Waals surface area contributed by atoms with E-state index in [1.165, 1.54) is 0 Å². The number of alkyl halides is 3. The van der Waals surface area contributed by atoms with E-state index in [1.54, 1.807) is 0 Å². The molecular formula is C12H8F5N. The largest absolute Gasteiger partial charge is 0.419 e. The highest BCUT2D eigenvalue weighted by Crippen LogP contribution is 2.39. The van der Waals surface area contributed by atoms with E-state index in [4.69, 9.17) is 5.73 Å². The number of anilines is 1. The summed E-state index contributed by atoms with van der Waals surface area (Å²) in [5.74, 6) is -2.39. The molecule has 0 aliphatic rings. The van der Waals surface area contributed by atoms with Crippen molar-refractivity contribution in [3.63, 3.8) is 0 Å². The summed E-state index contributed by atoms with van der Waals surface area (Å²) in [5, 5.41) is -0.436. The summed E-state index contributed by atoms with van der Waals surface area (Å²) in [6.45, 7) is 1.14. The maximum Gasteiger partial charge on any atom is 0.419 e. The molecule has 0 fully saturated rings. The van der Waals surface area contributed by atoms with Crippen molar-refractivity contribution < 1.29 is 22.0 Å². The van der Waals surface area contributed by atoms with Gasteiger partial charge in [-0.15, -0.1) is 0 Å². The van der Waals surface area contributed by atoms with Gasteiger partial charge in [0, 0.05) is 5.39 Å². The van der Waals surface area contributed by atoms with Crippen molar-refractivity contribution in [1.82, 2.24) is 0 Å². The molecular weight excluding hydrogens is 253 g/mol. The molecule has 6 heteroatoms. The van der Waals surface area contributed by atoms with Crippen molar-refractivity contribution in [2.45, 2.75) is 13.1 Å². The Labute approximate surface area is 99.0 Å². The first-order valence-corrected chi connectivity index (χ1v) is 4.97. The zero-order chi connectivity index (χ0) is 13.7. The molecule has 2 rings (SSSR count). The van der Waals surface area contributed by atoms with Gasteiger partial charge in [0.05, 0.1) is 11.3 Å². The Morgan fingerprint density at radius 2 is 1.72 bits per heavy atom. The van der Waals surface area contributed by atoms with Crippen molar-refractivity contribution in [3.05, 3.63) is 41.0 Å². The van der Waals surface area contributed by atoms with Gasteiger partial charge in [-0.3, -0.25) is 0 Å². The smallest absolute Gasteiger partial charge is 0.396 e. The van der Waals surface area contributed by atoms with Crippen LogP contribution in [0.1, 0.15) is 11.1 Å². The van der Waals surface area contributed by atoms with Crippen molar-refractivity contribution in [2.24, 2.45) is 0 Å². The summed E-state index contributed by atoms with van der Waals surface area (Å²) in [6.07, 6.45) is -4.89. The van der Waals surface area contributed by atoms with Crippen molar-refractivity contribution in [2.75, 3.05) is 5.73 Å². The molecule has 0 aliphatic heterocycles. The zero-order valence-electron chi connectivity index (χ0n) is 9.20. The summed E-state index contributed by atoms with van der Waals surface area (Å²) in [5.41, 5.74) is 3.30. The molecule has 0 unspecified atom stereocenters. The standard InChI is InChI=1S/C12H8F5N/c1-5-9-6(4-8(18)11(5)14)2-3-7(13)10(9)12(15,16)17/h2-4H,18H2,1H3. The van der Waals surface area contributed by atoms with Crippen LogP contribution in [0.5, 0.6) is 0 Å². The SMILES string of the molecule is Cc1c(F)c(N)cc2ccc(F)c(C(F)(F)F)c12. The Hall–Kier alpha value is -1.85. The Morgan fingerprint density at radius 1 is 1.11 bits per heavy atom. The van der Waals surface area contributed by atoms with Gasteiger partial charge in [0.2, 0.25) is 0 Å². The average molecular weight is 261 g/mol. The fourth-order valence-corrected chi connectivity index (χ4v) is 1.95. The lowest BCUT2D eigenvalue weighted by Crippen LogP contribution is -2.10. The zero-order valence-corrected chi connectivity index (χ0v) is 9.20. The van der Waals surface area contributed by atoms with Gasteiger partial charge in [0.25, 0.3) is 0 Å². The normalized spacial score (nSPS) is 12.1. The lowest BCUT2D eigenvalue weighted by Gasteiger charge is -2.14. The highest BCUT2D eigenvalue weighted by Gasteiger charge is 2.37. The number of aryl methyl sites for hydroxylation is 1. The van der Waals surface area contributed by atoms with E-state index >= 15 is 0 Å². The van der Waals surface area contributed by atoms with Crippen molar-refractivity contribution in [3.8, 4) is 0 Å². The molecule has 0 saturated heterocycles. The van der Waals surface area contributed by atoms with Gasteiger partial charge in [0.15, 0.2) is 0 Å². The molecule has 0 bridgehead atoms. The molecule has 0 amide bonds. The molecule has 2 aromatic carbocycles. The quantitative estimate of drug-likeness (QED) is 0.562. The summed E-state index contributed by atoms with van der Waals surface area (Å²) >= 11 is 0. The van der Waals surface area contributed by atoms with E-state index < -0.39 is 28.8 Å². The molecule has 0 radical (unpaired) electrons. The van der Waals surface area contributed by atoms with Crippen LogP contribution in [-0.2, 0) is 6.18 Å². The van der Waals surface area contributed by atoms with Crippen LogP contribution in [0.3, 0.4) is 0 Å². The highest BCUT2D eigenvalue weighted by molar-refractivity contribution is 5.92. The van der Waals surface area contributed by atoms with E-state index in [2.05, 4.69) is 0 Å². The summed E-state index contributed by atoms with van der Waals surface area (Å²) in [4.78, 5) is 0. The van der Waals surface area contributed by atoms with Gasteiger partial charge in [-0.05, 0) is 30.0 Å². The van der Waals surface area contributed by atoms with Crippen LogP contribution in [0.2, 0.25) is 0 Å². The predicted molar refractivity (Wildman–Crippen MR) is 58.0 cm³/mol. The molecule has 0 saturated carbocycles. The number of halogens is 5. The second kappa shape index (κ2) is 3.83. The maximum atomic E-state index is 13.5. The van der Waals surface area contributed by atoms with Gasteiger partial charge in [-0.1, -0.05) is 6.07 Å². The topological polar surface area (TPSA) is 26.0 Å². The Balaban J connectivity index is 3.02. The van der Waals surface area contributed by atoms with Crippen LogP contribution in [0, 0.1) is 18.6 Å². The van der Waals surface area contributed by atoms with Crippen LogP contribution >= 0.6 is 0 Å². The molecule has 2 N–H and O–H groups in total. The third-order valence-electron chi connectivity index (χ3n) is 2.74. The van der Waals surface area contributed by atoms with Crippen molar-refractivity contribution >= 4 is 16.5 Å². The van der Waals surface area contributed by atoms with Crippen LogP contribution in [0.4, 0.5) is 27.6 Å². The number of hydrogen-bond acceptors (Lipinski definition) is 1. The minimum absolute atomic E-state index is 0.0557. The second-order valence-corrected chi connectivity index (χ2v) is 3.92. The van der Waals surface area contributed by atoms with Crippen LogP contribution in [-0.4, -0.2) is 0 Å². The number of fused-ring (bicyclic) bond motifs is 1. The fourth-order valence-electron chi connectivity index (χ4n) is 1.95. The number of benzene rings is 2.